The van der Waals surface area contributed by atoms with E-state index in [0.29, 0.717) is 12.4 Å². The number of hydrogen-bond donors (Lipinski definition) is 2. The molecular weight excluding hydrogens is 318 g/mol. The lowest BCUT2D eigenvalue weighted by Gasteiger charge is -2.40. The van der Waals surface area contributed by atoms with Gasteiger partial charge in [-0.05, 0) is 56.5 Å². The number of aromatic nitrogens is 1. The third-order valence-electron chi connectivity index (χ3n) is 5.39. The minimum Gasteiger partial charge on any atom is -0.508 e. The molecule has 0 spiro atoms. The lowest BCUT2D eigenvalue weighted by atomic mass is 9.84. The second-order valence-corrected chi connectivity index (χ2v) is 7.60. The van der Waals surface area contributed by atoms with Gasteiger partial charge in [0.2, 0.25) is 5.91 Å². The maximum absolute atomic E-state index is 12.4. The topological polar surface area (TPSA) is 80.7 Å². The summed E-state index contributed by atoms with van der Waals surface area (Å²) in [7, 11) is 3.55. The zero-order valence-electron chi connectivity index (χ0n) is 15.3. The Morgan fingerprint density at radius 2 is 2.16 bits per heavy atom. The summed E-state index contributed by atoms with van der Waals surface area (Å²) in [6.45, 7) is 4.21. The van der Waals surface area contributed by atoms with Crippen LogP contribution in [-0.2, 0) is 9.53 Å². The molecule has 136 valence electrons. The van der Waals surface area contributed by atoms with Crippen LogP contribution < -0.4 is 5.73 Å². The predicted molar refractivity (Wildman–Crippen MR) is 97.1 cm³/mol. The zero-order valence-corrected chi connectivity index (χ0v) is 15.3. The molecule has 0 bridgehead atoms. The average Bonchev–Trinajstić information content (AvgIpc) is 3.25. The maximum atomic E-state index is 12.4. The third-order valence-corrected chi connectivity index (χ3v) is 5.39. The van der Waals surface area contributed by atoms with Crippen LogP contribution in [0.1, 0.15) is 32.7 Å². The van der Waals surface area contributed by atoms with Gasteiger partial charge in [0.25, 0.3) is 0 Å². The fourth-order valence-electron chi connectivity index (χ4n) is 3.63. The number of anilines is 1. The fourth-order valence-corrected chi connectivity index (χ4v) is 3.63. The maximum Gasteiger partial charge on any atom is 0.230 e. The number of nitrogen functional groups attached to an aromatic ring is 1. The Morgan fingerprint density at radius 1 is 1.48 bits per heavy atom. The van der Waals surface area contributed by atoms with Crippen LogP contribution in [-0.4, -0.2) is 46.8 Å². The van der Waals surface area contributed by atoms with E-state index < -0.39 is 11.0 Å². The molecule has 1 saturated carbocycles. The monoisotopic (exact) mass is 345 g/mol. The molecule has 0 aromatic carbocycles. The summed E-state index contributed by atoms with van der Waals surface area (Å²) in [5, 5.41) is 10.2. The van der Waals surface area contributed by atoms with E-state index in [1.165, 1.54) is 0 Å². The average molecular weight is 345 g/mol. The Balaban J connectivity index is 1.87. The molecule has 1 fully saturated rings. The van der Waals surface area contributed by atoms with E-state index in [-0.39, 0.29) is 17.7 Å². The molecule has 0 radical (unpaired) electrons. The molecule has 6 heteroatoms. The van der Waals surface area contributed by atoms with Crippen LogP contribution in [0.15, 0.2) is 41.8 Å². The van der Waals surface area contributed by atoms with Crippen molar-refractivity contribution in [3.8, 4) is 0 Å². The van der Waals surface area contributed by atoms with Gasteiger partial charge in [0, 0.05) is 20.3 Å². The molecule has 1 aromatic rings. The number of nitrogens with zero attached hydrogens (tertiary/aromatic N) is 2. The van der Waals surface area contributed by atoms with Crippen molar-refractivity contribution in [1.29, 1.82) is 0 Å². The largest absolute Gasteiger partial charge is 0.508 e. The lowest BCUT2D eigenvalue weighted by Crippen LogP contribution is -2.43. The van der Waals surface area contributed by atoms with Gasteiger partial charge in [-0.15, -0.1) is 0 Å². The van der Waals surface area contributed by atoms with Crippen molar-refractivity contribution in [3.05, 3.63) is 41.8 Å². The Bertz CT molecular complexity index is 743. The predicted octanol–water partition coefficient (Wildman–Crippen LogP) is 2.66. The van der Waals surface area contributed by atoms with Gasteiger partial charge in [-0.25, -0.2) is 0 Å². The molecule has 0 saturated heterocycles. The highest BCUT2D eigenvalue weighted by molar-refractivity contribution is 5.85. The van der Waals surface area contributed by atoms with Crippen molar-refractivity contribution in [2.75, 3.05) is 26.4 Å². The van der Waals surface area contributed by atoms with E-state index in [2.05, 4.69) is 0 Å². The van der Waals surface area contributed by atoms with Crippen molar-refractivity contribution < 1.29 is 14.6 Å². The van der Waals surface area contributed by atoms with Gasteiger partial charge in [0.1, 0.15) is 17.2 Å². The van der Waals surface area contributed by atoms with Gasteiger partial charge in [-0.3, -0.25) is 4.79 Å². The second kappa shape index (κ2) is 5.95. The number of nitrogens with two attached hydrogens (primary N) is 1. The first-order chi connectivity index (χ1) is 11.7. The fraction of sp³-hybridized carbons (Fsp3) is 0.526. The number of allylic oxidation sites excluding steroid dienone is 1. The number of ether oxygens (including phenoxy) is 1. The molecule has 6 nitrogen and oxygen atoms in total. The van der Waals surface area contributed by atoms with Crippen molar-refractivity contribution in [1.82, 2.24) is 9.47 Å². The molecule has 1 aromatic heterocycles. The highest BCUT2D eigenvalue weighted by Crippen LogP contribution is 2.49. The Kier molecular flexibility index (Phi) is 4.19. The molecule has 2 atom stereocenters. The highest BCUT2D eigenvalue weighted by atomic mass is 16.5. The summed E-state index contributed by atoms with van der Waals surface area (Å²) in [5.74, 6) is 0.945. The number of aliphatic hydroxyl groups excluding tert-OH is 1. The van der Waals surface area contributed by atoms with Gasteiger partial charge in [0.15, 0.2) is 0 Å². The summed E-state index contributed by atoms with van der Waals surface area (Å²) < 4.78 is 8.23. The molecule has 25 heavy (non-hydrogen) atoms. The molecule has 2 aliphatic rings. The first-order valence-corrected chi connectivity index (χ1v) is 8.57. The Hall–Kier alpha value is -2.21. The highest BCUT2D eigenvalue weighted by Gasteiger charge is 2.53. The van der Waals surface area contributed by atoms with E-state index in [9.17, 15) is 9.90 Å². The van der Waals surface area contributed by atoms with Crippen LogP contribution in [0.4, 0.5) is 5.82 Å². The summed E-state index contributed by atoms with van der Waals surface area (Å²) in [6.07, 6.45) is 7.10. The van der Waals surface area contributed by atoms with Gasteiger partial charge < -0.3 is 25.0 Å². The van der Waals surface area contributed by atoms with E-state index in [1.54, 1.807) is 25.1 Å². The number of aliphatic hydroxyl groups is 1. The SMILES string of the molecule is CC1=C(O)C=CC(C)(OCC2(C(=O)N(C)C)CC2)C1n1cccc1N. The molecule has 0 aliphatic heterocycles. The minimum atomic E-state index is -0.703. The van der Waals surface area contributed by atoms with Crippen molar-refractivity contribution >= 4 is 11.7 Å². The number of hydrogen-bond acceptors (Lipinski definition) is 4. The summed E-state index contributed by atoms with van der Waals surface area (Å²) in [4.78, 5) is 14.1. The van der Waals surface area contributed by atoms with Gasteiger partial charge >= 0.3 is 0 Å². The minimum absolute atomic E-state index is 0.114. The first kappa shape index (κ1) is 17.6. The smallest absolute Gasteiger partial charge is 0.230 e. The van der Waals surface area contributed by atoms with Crippen molar-refractivity contribution in [2.45, 2.75) is 38.3 Å². The van der Waals surface area contributed by atoms with Gasteiger partial charge in [-0.1, -0.05) is 0 Å². The van der Waals surface area contributed by atoms with Crippen molar-refractivity contribution in [3.63, 3.8) is 0 Å². The van der Waals surface area contributed by atoms with Crippen LogP contribution >= 0.6 is 0 Å². The Morgan fingerprint density at radius 3 is 2.68 bits per heavy atom. The van der Waals surface area contributed by atoms with Crippen LogP contribution in [0.2, 0.25) is 0 Å². The van der Waals surface area contributed by atoms with Gasteiger partial charge in [0.05, 0.1) is 18.1 Å². The molecule has 2 aliphatic carbocycles. The summed E-state index contributed by atoms with van der Waals surface area (Å²) in [5.41, 5.74) is 5.77. The number of amides is 1. The summed E-state index contributed by atoms with van der Waals surface area (Å²) in [6, 6.07) is 3.43. The third kappa shape index (κ3) is 2.95. The quantitative estimate of drug-likeness (QED) is 0.860. The van der Waals surface area contributed by atoms with Gasteiger partial charge in [-0.2, -0.15) is 0 Å². The molecule has 1 heterocycles. The number of carbonyl (C=O) groups excluding carboxylic acids is 1. The van der Waals surface area contributed by atoms with Crippen LogP contribution in [0.3, 0.4) is 0 Å². The van der Waals surface area contributed by atoms with E-state index >= 15 is 0 Å². The number of carbonyl (C=O) groups is 1. The Labute approximate surface area is 148 Å². The van der Waals surface area contributed by atoms with E-state index in [4.69, 9.17) is 10.5 Å². The molecule has 2 unspecified atom stereocenters. The molecule has 3 rings (SSSR count). The van der Waals surface area contributed by atoms with Crippen LogP contribution in [0.5, 0.6) is 0 Å². The lowest BCUT2D eigenvalue weighted by molar-refractivity contribution is -0.140. The molecular formula is C19H27N3O3. The van der Waals surface area contributed by atoms with Crippen LogP contribution in [0, 0.1) is 5.41 Å². The van der Waals surface area contributed by atoms with Crippen molar-refractivity contribution in [2.24, 2.45) is 5.41 Å². The van der Waals surface area contributed by atoms with Crippen LogP contribution in [0.25, 0.3) is 0 Å². The van der Waals surface area contributed by atoms with E-state index in [0.717, 1.165) is 18.4 Å². The molecule has 3 N–H and O–H groups in total. The van der Waals surface area contributed by atoms with E-state index in [1.807, 2.05) is 42.8 Å². The zero-order chi connectivity index (χ0) is 18.4. The second-order valence-electron chi connectivity index (χ2n) is 7.60. The standard InChI is InChI=1S/C19H27N3O3/c1-13-14(23)7-8-18(2,16(13)22-11-5-6-15(22)20)25-12-19(9-10-19)17(24)21(3)4/h5-8,11,16,23H,9-10,12,20H2,1-4H3. The molecule has 1 amide bonds. The first-order valence-electron chi connectivity index (χ1n) is 8.57. The number of rotatable bonds is 5. The summed E-state index contributed by atoms with van der Waals surface area (Å²) >= 11 is 0. The normalized spacial score (nSPS) is 27.4.